The predicted octanol–water partition coefficient (Wildman–Crippen LogP) is 5.06. The van der Waals surface area contributed by atoms with Crippen molar-refractivity contribution in [2.24, 2.45) is 0 Å². The Balaban J connectivity index is 1.36. The summed E-state index contributed by atoms with van der Waals surface area (Å²) >= 11 is 13.5. The lowest BCUT2D eigenvalue weighted by molar-refractivity contribution is 0.0958. The van der Waals surface area contributed by atoms with Crippen LogP contribution in [0.15, 0.2) is 42.6 Å². The third-order valence-corrected chi connectivity index (χ3v) is 6.04. The molecule has 8 heteroatoms. The molecule has 0 radical (unpaired) electrons. The Kier molecular flexibility index (Phi) is 5.80. The zero-order valence-corrected chi connectivity index (χ0v) is 17.2. The maximum absolute atomic E-state index is 12.4. The van der Waals surface area contributed by atoms with Crippen LogP contribution in [0.1, 0.15) is 28.1 Å². The van der Waals surface area contributed by atoms with E-state index in [0.717, 1.165) is 29.0 Å². The highest BCUT2D eigenvalue weighted by Crippen LogP contribution is 2.28. The van der Waals surface area contributed by atoms with E-state index in [2.05, 4.69) is 20.6 Å². The van der Waals surface area contributed by atoms with Crippen LogP contribution in [0.25, 0.3) is 10.6 Å². The molecular formula is C20H18Cl2N4OS. The number of thiophene rings is 1. The molecule has 1 aliphatic carbocycles. The first-order chi connectivity index (χ1) is 13.6. The van der Waals surface area contributed by atoms with Crippen LogP contribution in [0.2, 0.25) is 10.0 Å². The van der Waals surface area contributed by atoms with Gasteiger partial charge in [-0.3, -0.25) is 4.79 Å². The van der Waals surface area contributed by atoms with Gasteiger partial charge in [-0.1, -0.05) is 29.3 Å². The number of carbonyl (C=O) groups is 1. The van der Waals surface area contributed by atoms with Gasteiger partial charge >= 0.3 is 0 Å². The number of carbonyl (C=O) groups excluding carboxylic acids is 1. The van der Waals surface area contributed by atoms with Crippen LogP contribution in [0.3, 0.4) is 0 Å². The fourth-order valence-electron chi connectivity index (χ4n) is 2.70. The van der Waals surface area contributed by atoms with Crippen molar-refractivity contribution in [3.8, 4) is 10.6 Å². The van der Waals surface area contributed by atoms with Gasteiger partial charge < -0.3 is 10.6 Å². The lowest BCUT2D eigenvalue weighted by atomic mass is 10.1. The van der Waals surface area contributed by atoms with Gasteiger partial charge in [0.1, 0.15) is 0 Å². The third kappa shape index (κ3) is 4.82. The van der Waals surface area contributed by atoms with Crippen LogP contribution in [0, 0.1) is 0 Å². The Hall–Kier alpha value is -2.15. The van der Waals surface area contributed by atoms with Gasteiger partial charge in [0.15, 0.2) is 0 Å². The van der Waals surface area contributed by atoms with Crippen molar-refractivity contribution in [3.05, 3.63) is 63.1 Å². The highest BCUT2D eigenvalue weighted by atomic mass is 35.5. The number of nitrogens with zero attached hydrogens (tertiary/aromatic N) is 2. The number of hydrogen-bond acceptors (Lipinski definition) is 5. The number of hydrogen-bond donors (Lipinski definition) is 2. The zero-order chi connectivity index (χ0) is 19.5. The van der Waals surface area contributed by atoms with Crippen LogP contribution >= 0.6 is 34.5 Å². The molecule has 2 aromatic heterocycles. The van der Waals surface area contributed by atoms with E-state index >= 15 is 0 Å². The lowest BCUT2D eigenvalue weighted by Gasteiger charge is -2.06. The quantitative estimate of drug-likeness (QED) is 0.547. The molecular weight excluding hydrogens is 415 g/mol. The van der Waals surface area contributed by atoms with E-state index < -0.39 is 0 Å². The Morgan fingerprint density at radius 2 is 2.04 bits per heavy atom. The Morgan fingerprint density at radius 1 is 1.18 bits per heavy atom. The van der Waals surface area contributed by atoms with Gasteiger partial charge in [-0.2, -0.15) is 0 Å². The summed E-state index contributed by atoms with van der Waals surface area (Å²) in [5, 5.41) is 7.44. The molecule has 1 aromatic carbocycles. The van der Waals surface area contributed by atoms with Gasteiger partial charge in [0.2, 0.25) is 5.95 Å². The molecule has 0 unspecified atom stereocenters. The van der Waals surface area contributed by atoms with Gasteiger partial charge in [0.25, 0.3) is 5.91 Å². The second-order valence-corrected chi connectivity index (χ2v) is 8.52. The van der Waals surface area contributed by atoms with E-state index in [4.69, 9.17) is 23.2 Å². The summed E-state index contributed by atoms with van der Waals surface area (Å²) in [7, 11) is 0. The maximum atomic E-state index is 12.4. The highest BCUT2D eigenvalue weighted by molar-refractivity contribution is 7.17. The van der Waals surface area contributed by atoms with Crippen LogP contribution in [0.5, 0.6) is 0 Å². The lowest BCUT2D eigenvalue weighted by Crippen LogP contribution is -2.24. The van der Waals surface area contributed by atoms with Crippen molar-refractivity contribution in [2.75, 3.05) is 11.9 Å². The second kappa shape index (κ2) is 8.47. The number of nitrogens with one attached hydrogen (secondary N) is 2. The summed E-state index contributed by atoms with van der Waals surface area (Å²) in [6, 6.07) is 11.5. The molecule has 1 fully saturated rings. The molecule has 28 heavy (non-hydrogen) atoms. The number of halogens is 2. The van der Waals surface area contributed by atoms with Gasteiger partial charge in [-0.15, -0.1) is 11.3 Å². The smallest absolute Gasteiger partial charge is 0.261 e. The summed E-state index contributed by atoms with van der Waals surface area (Å²) in [4.78, 5) is 22.8. The van der Waals surface area contributed by atoms with E-state index in [1.165, 1.54) is 11.3 Å². The Labute approximate surface area is 177 Å². The van der Waals surface area contributed by atoms with E-state index in [0.29, 0.717) is 39.9 Å². The monoisotopic (exact) mass is 432 g/mol. The average molecular weight is 433 g/mol. The average Bonchev–Trinajstić information content (AvgIpc) is 3.35. The maximum Gasteiger partial charge on any atom is 0.261 e. The molecule has 0 aliphatic heterocycles. The largest absolute Gasteiger partial charge is 0.351 e. The summed E-state index contributed by atoms with van der Waals surface area (Å²) in [6.07, 6.45) is 4.71. The van der Waals surface area contributed by atoms with Crippen molar-refractivity contribution < 1.29 is 4.79 Å². The van der Waals surface area contributed by atoms with Crippen LogP contribution in [-0.4, -0.2) is 28.5 Å². The van der Waals surface area contributed by atoms with Crippen molar-refractivity contribution in [3.63, 3.8) is 0 Å². The van der Waals surface area contributed by atoms with Crippen LogP contribution in [-0.2, 0) is 6.42 Å². The molecule has 4 rings (SSSR count). The van der Waals surface area contributed by atoms with Gasteiger partial charge in [0, 0.05) is 28.8 Å². The fourth-order valence-corrected chi connectivity index (χ4v) is 4.09. The van der Waals surface area contributed by atoms with Gasteiger partial charge in [0.05, 0.1) is 15.4 Å². The fraction of sp³-hybridized carbons (Fsp3) is 0.250. The molecule has 144 valence electrons. The number of benzene rings is 1. The first-order valence-electron chi connectivity index (χ1n) is 9.00. The summed E-state index contributed by atoms with van der Waals surface area (Å²) < 4.78 is 0. The molecule has 1 amide bonds. The number of amides is 1. The van der Waals surface area contributed by atoms with E-state index in [1.54, 1.807) is 18.3 Å². The Morgan fingerprint density at radius 3 is 2.82 bits per heavy atom. The predicted molar refractivity (Wildman–Crippen MR) is 114 cm³/mol. The van der Waals surface area contributed by atoms with Crippen molar-refractivity contribution in [1.29, 1.82) is 0 Å². The minimum absolute atomic E-state index is 0.105. The molecule has 0 saturated heterocycles. The minimum Gasteiger partial charge on any atom is -0.351 e. The summed E-state index contributed by atoms with van der Waals surface area (Å²) in [6.45, 7) is 0.496. The first-order valence-corrected chi connectivity index (χ1v) is 10.6. The molecule has 0 atom stereocenters. The molecule has 3 aromatic rings. The molecule has 0 spiro atoms. The second-order valence-electron chi connectivity index (χ2n) is 6.59. The first kappa shape index (κ1) is 19.2. The third-order valence-electron chi connectivity index (χ3n) is 4.34. The van der Waals surface area contributed by atoms with Crippen molar-refractivity contribution in [2.45, 2.75) is 25.3 Å². The highest BCUT2D eigenvalue weighted by Gasteiger charge is 2.22. The van der Waals surface area contributed by atoms with Crippen LogP contribution < -0.4 is 10.6 Å². The number of anilines is 1. The van der Waals surface area contributed by atoms with E-state index in [-0.39, 0.29) is 5.91 Å². The van der Waals surface area contributed by atoms with E-state index in [9.17, 15) is 4.79 Å². The normalized spacial score (nSPS) is 13.4. The van der Waals surface area contributed by atoms with Crippen LogP contribution in [0.4, 0.5) is 5.95 Å². The Bertz CT molecular complexity index is 1000. The SMILES string of the molecule is O=C(NCCc1ccc(Cl)cc1Cl)c1ccc(-c2ccnc(NC3CC3)n2)s1. The zero-order valence-electron chi connectivity index (χ0n) is 14.9. The molecule has 2 N–H and O–H groups in total. The molecule has 5 nitrogen and oxygen atoms in total. The molecule has 1 aliphatic rings. The van der Waals surface area contributed by atoms with Gasteiger partial charge in [-0.25, -0.2) is 9.97 Å². The van der Waals surface area contributed by atoms with Crippen molar-refractivity contribution >= 4 is 46.4 Å². The number of aromatic nitrogens is 2. The van der Waals surface area contributed by atoms with E-state index in [1.807, 2.05) is 24.3 Å². The van der Waals surface area contributed by atoms with Crippen molar-refractivity contribution in [1.82, 2.24) is 15.3 Å². The topological polar surface area (TPSA) is 66.9 Å². The standard InChI is InChI=1S/C20H18Cl2N4OS/c21-13-2-1-12(15(22)11-13)7-9-23-19(27)18-6-5-17(28-18)16-8-10-24-20(26-16)25-14-3-4-14/h1-2,5-6,8,10-11,14H,3-4,7,9H2,(H,23,27)(H,24,25,26). The molecule has 2 heterocycles. The summed E-state index contributed by atoms with van der Waals surface area (Å²) in [5.41, 5.74) is 1.77. The summed E-state index contributed by atoms with van der Waals surface area (Å²) in [5.74, 6) is 0.533. The minimum atomic E-state index is -0.105. The van der Waals surface area contributed by atoms with Gasteiger partial charge in [-0.05, 0) is 55.2 Å². The molecule has 1 saturated carbocycles. The number of rotatable bonds is 7. The molecule has 0 bridgehead atoms.